The Morgan fingerprint density at radius 3 is 2.58 bits per heavy atom. The zero-order valence-electron chi connectivity index (χ0n) is 11.4. The molecule has 1 rings (SSSR count). The van der Waals surface area contributed by atoms with Crippen molar-refractivity contribution in [1.82, 2.24) is 4.90 Å². The predicted octanol–water partition coefficient (Wildman–Crippen LogP) is 3.58. The number of hydrogen-bond donors (Lipinski definition) is 0. The molecule has 19 heavy (non-hydrogen) atoms. The smallest absolute Gasteiger partial charge is 0.263 e. The van der Waals surface area contributed by atoms with Crippen LogP contribution in [0.3, 0.4) is 0 Å². The molecule has 1 aromatic rings. The third-order valence-corrected chi connectivity index (χ3v) is 3.09. The van der Waals surface area contributed by atoms with Crippen molar-refractivity contribution < 1.29 is 9.53 Å². The molecule has 0 bridgehead atoms. The summed E-state index contributed by atoms with van der Waals surface area (Å²) in [7, 11) is 0. The zero-order valence-corrected chi connectivity index (χ0v) is 12.9. The van der Waals surface area contributed by atoms with Gasteiger partial charge in [0.05, 0.1) is 0 Å². The average Bonchev–Trinajstić information content (AvgIpc) is 2.34. The first kappa shape index (κ1) is 16.1. The van der Waals surface area contributed by atoms with Gasteiger partial charge in [-0.2, -0.15) is 0 Å². The maximum Gasteiger partial charge on any atom is 0.263 e. The number of carbonyl (C=O) groups excluding carboxylic acids is 1. The van der Waals surface area contributed by atoms with E-state index in [0.29, 0.717) is 23.2 Å². The van der Waals surface area contributed by atoms with Gasteiger partial charge in [0.2, 0.25) is 0 Å². The topological polar surface area (TPSA) is 29.5 Å². The molecule has 0 fully saturated rings. The molecule has 0 saturated carbocycles. The molecule has 106 valence electrons. The van der Waals surface area contributed by atoms with E-state index in [1.54, 1.807) is 36.1 Å². The summed E-state index contributed by atoms with van der Waals surface area (Å²) in [6, 6.07) is 7.10. The molecule has 1 atom stereocenters. The van der Waals surface area contributed by atoms with Crippen molar-refractivity contribution in [3.8, 4) is 5.75 Å². The van der Waals surface area contributed by atoms with Crippen LogP contribution in [0.5, 0.6) is 5.75 Å². The van der Waals surface area contributed by atoms with Gasteiger partial charge in [-0.25, -0.2) is 0 Å². The van der Waals surface area contributed by atoms with Crippen LogP contribution in [0.15, 0.2) is 24.3 Å². The van der Waals surface area contributed by atoms with Crippen LogP contribution in [0.2, 0.25) is 5.02 Å². The van der Waals surface area contributed by atoms with Crippen molar-refractivity contribution in [3.63, 3.8) is 0 Å². The number of hydrogen-bond acceptors (Lipinski definition) is 2. The second kappa shape index (κ2) is 7.61. The van der Waals surface area contributed by atoms with Crippen LogP contribution < -0.4 is 4.74 Å². The molecule has 0 aliphatic heterocycles. The van der Waals surface area contributed by atoms with Gasteiger partial charge in [-0.15, -0.1) is 11.6 Å². The Morgan fingerprint density at radius 2 is 2.05 bits per heavy atom. The molecule has 0 aromatic heterocycles. The first-order valence-corrected chi connectivity index (χ1v) is 7.15. The number of amides is 1. The van der Waals surface area contributed by atoms with Crippen molar-refractivity contribution in [1.29, 1.82) is 0 Å². The number of rotatable bonds is 6. The summed E-state index contributed by atoms with van der Waals surface area (Å²) in [4.78, 5) is 14.0. The van der Waals surface area contributed by atoms with Gasteiger partial charge in [-0.1, -0.05) is 17.7 Å². The van der Waals surface area contributed by atoms with Gasteiger partial charge < -0.3 is 9.64 Å². The number of nitrogens with zero attached hydrogens (tertiary/aromatic N) is 1. The third-order valence-electron chi connectivity index (χ3n) is 2.69. The normalized spacial score (nSPS) is 12.3. The Kier molecular flexibility index (Phi) is 6.46. The van der Waals surface area contributed by atoms with Crippen molar-refractivity contribution in [2.45, 2.75) is 32.9 Å². The van der Waals surface area contributed by atoms with Crippen LogP contribution in [0, 0.1) is 0 Å². The molecule has 0 aliphatic carbocycles. The molecule has 1 aromatic carbocycles. The first-order valence-electron chi connectivity index (χ1n) is 6.24. The van der Waals surface area contributed by atoms with E-state index in [-0.39, 0.29) is 11.9 Å². The minimum atomic E-state index is -0.566. The molecule has 1 amide bonds. The molecule has 5 heteroatoms. The van der Waals surface area contributed by atoms with Gasteiger partial charge >= 0.3 is 0 Å². The molecule has 0 spiro atoms. The quantitative estimate of drug-likeness (QED) is 0.752. The molecule has 0 saturated heterocycles. The Labute approximate surface area is 124 Å². The summed E-state index contributed by atoms with van der Waals surface area (Å²) in [6.45, 7) is 6.15. The van der Waals surface area contributed by atoms with Crippen LogP contribution in [0.4, 0.5) is 0 Å². The maximum atomic E-state index is 12.3. The molecule has 0 N–H and O–H groups in total. The number of benzene rings is 1. The molecule has 0 radical (unpaired) electrons. The highest BCUT2D eigenvalue weighted by molar-refractivity contribution is 6.30. The van der Waals surface area contributed by atoms with Crippen LogP contribution in [0.1, 0.15) is 20.8 Å². The van der Waals surface area contributed by atoms with E-state index in [1.165, 1.54) is 0 Å². The van der Waals surface area contributed by atoms with E-state index in [1.807, 2.05) is 13.8 Å². The van der Waals surface area contributed by atoms with Crippen molar-refractivity contribution in [3.05, 3.63) is 29.3 Å². The Balaban J connectivity index is 2.70. The summed E-state index contributed by atoms with van der Waals surface area (Å²) in [6.07, 6.45) is -0.566. The first-order chi connectivity index (χ1) is 8.95. The lowest BCUT2D eigenvalue weighted by atomic mass is 10.2. The van der Waals surface area contributed by atoms with E-state index in [0.717, 1.165) is 0 Å². The SMILES string of the molecule is CC(Oc1cccc(Cl)c1)C(=O)N(CCCl)C(C)C. The largest absolute Gasteiger partial charge is 0.481 e. The highest BCUT2D eigenvalue weighted by atomic mass is 35.5. The standard InChI is InChI=1S/C14H19Cl2NO2/c1-10(2)17(8-7-15)14(18)11(3)19-13-6-4-5-12(16)9-13/h4-6,9-11H,7-8H2,1-3H3. The van der Waals surface area contributed by atoms with E-state index in [4.69, 9.17) is 27.9 Å². The van der Waals surface area contributed by atoms with E-state index in [2.05, 4.69) is 0 Å². The minimum Gasteiger partial charge on any atom is -0.481 e. The highest BCUT2D eigenvalue weighted by Gasteiger charge is 2.23. The van der Waals surface area contributed by atoms with Gasteiger partial charge in [-0.3, -0.25) is 4.79 Å². The maximum absolute atomic E-state index is 12.3. The van der Waals surface area contributed by atoms with Gasteiger partial charge in [-0.05, 0) is 39.0 Å². The lowest BCUT2D eigenvalue weighted by Gasteiger charge is -2.28. The van der Waals surface area contributed by atoms with Crippen LogP contribution in [-0.2, 0) is 4.79 Å². The zero-order chi connectivity index (χ0) is 14.4. The highest BCUT2D eigenvalue weighted by Crippen LogP contribution is 2.19. The average molecular weight is 304 g/mol. The summed E-state index contributed by atoms with van der Waals surface area (Å²) >= 11 is 11.6. The summed E-state index contributed by atoms with van der Waals surface area (Å²) < 4.78 is 5.62. The van der Waals surface area contributed by atoms with E-state index >= 15 is 0 Å². The Morgan fingerprint density at radius 1 is 1.37 bits per heavy atom. The number of carbonyl (C=O) groups is 1. The lowest BCUT2D eigenvalue weighted by Crippen LogP contribution is -2.45. The van der Waals surface area contributed by atoms with Gasteiger partial charge in [0, 0.05) is 23.5 Å². The Hall–Kier alpha value is -0.930. The number of alkyl halides is 1. The van der Waals surface area contributed by atoms with Crippen LogP contribution in [-0.4, -0.2) is 35.4 Å². The predicted molar refractivity (Wildman–Crippen MR) is 79.1 cm³/mol. The number of ether oxygens (including phenoxy) is 1. The van der Waals surface area contributed by atoms with E-state index in [9.17, 15) is 4.79 Å². The van der Waals surface area contributed by atoms with E-state index < -0.39 is 6.10 Å². The van der Waals surface area contributed by atoms with Gasteiger partial charge in [0.15, 0.2) is 6.10 Å². The number of halogens is 2. The molecular weight excluding hydrogens is 285 g/mol. The van der Waals surface area contributed by atoms with Crippen molar-refractivity contribution >= 4 is 29.1 Å². The van der Waals surface area contributed by atoms with Gasteiger partial charge in [0.1, 0.15) is 5.75 Å². The summed E-state index contributed by atoms with van der Waals surface area (Å²) in [5.41, 5.74) is 0. The lowest BCUT2D eigenvalue weighted by molar-refractivity contribution is -0.139. The second-order valence-electron chi connectivity index (χ2n) is 4.53. The summed E-state index contributed by atoms with van der Waals surface area (Å²) in [5.74, 6) is 0.923. The molecule has 3 nitrogen and oxygen atoms in total. The van der Waals surface area contributed by atoms with Crippen LogP contribution >= 0.6 is 23.2 Å². The fourth-order valence-corrected chi connectivity index (χ4v) is 2.10. The Bertz CT molecular complexity index is 424. The van der Waals surface area contributed by atoms with Crippen molar-refractivity contribution in [2.75, 3.05) is 12.4 Å². The molecule has 0 heterocycles. The van der Waals surface area contributed by atoms with Gasteiger partial charge in [0.25, 0.3) is 5.91 Å². The molecular formula is C14H19Cl2NO2. The van der Waals surface area contributed by atoms with Crippen LogP contribution in [0.25, 0.3) is 0 Å². The monoisotopic (exact) mass is 303 g/mol. The third kappa shape index (κ3) is 4.92. The van der Waals surface area contributed by atoms with Crippen molar-refractivity contribution in [2.24, 2.45) is 0 Å². The minimum absolute atomic E-state index is 0.0735. The summed E-state index contributed by atoms with van der Waals surface area (Å²) in [5, 5.41) is 0.582. The fourth-order valence-electron chi connectivity index (χ4n) is 1.74. The molecule has 0 aliphatic rings. The second-order valence-corrected chi connectivity index (χ2v) is 5.35. The fraction of sp³-hybridized carbons (Fsp3) is 0.500. The molecule has 1 unspecified atom stereocenters.